The summed E-state index contributed by atoms with van der Waals surface area (Å²) in [6.45, 7) is -0.0451. The summed E-state index contributed by atoms with van der Waals surface area (Å²) >= 11 is 0. The Morgan fingerprint density at radius 1 is 1.33 bits per heavy atom. The Morgan fingerprint density at radius 2 is 2.10 bits per heavy atom. The third kappa shape index (κ3) is 4.57. The summed E-state index contributed by atoms with van der Waals surface area (Å²) in [6, 6.07) is 4.53. The normalized spacial score (nSPS) is 15.1. The minimum Gasteiger partial charge on any atom is -0.395 e. The van der Waals surface area contributed by atoms with Crippen LogP contribution in [0, 0.1) is 17.7 Å². The van der Waals surface area contributed by atoms with E-state index in [0.29, 0.717) is 12.0 Å². The Bertz CT molecular complexity index is 554. The van der Waals surface area contributed by atoms with Gasteiger partial charge < -0.3 is 10.4 Å². The zero-order valence-electron chi connectivity index (χ0n) is 12.0. The monoisotopic (exact) mass is 289 g/mol. The standard InChI is InChI=1S/C17H20FNO2/c18-16-12-14(10-9-13(16)6-4-5-11-20)17(21)19-15-7-2-1-3-8-15/h9-10,12,15,20H,1-3,5,7-8,11H2,(H,19,21). The lowest BCUT2D eigenvalue weighted by Gasteiger charge is -2.22. The topological polar surface area (TPSA) is 49.3 Å². The van der Waals surface area contributed by atoms with E-state index in [2.05, 4.69) is 17.2 Å². The van der Waals surface area contributed by atoms with Crippen molar-refractivity contribution in [3.05, 3.63) is 35.1 Å². The number of hydrogen-bond acceptors (Lipinski definition) is 2. The van der Waals surface area contributed by atoms with Crippen molar-refractivity contribution >= 4 is 5.91 Å². The average Bonchev–Trinajstić information content (AvgIpc) is 2.50. The molecule has 112 valence electrons. The van der Waals surface area contributed by atoms with Crippen molar-refractivity contribution in [2.45, 2.75) is 44.6 Å². The molecule has 2 N–H and O–H groups in total. The van der Waals surface area contributed by atoms with Crippen molar-refractivity contribution in [2.24, 2.45) is 0 Å². The molecule has 1 aromatic carbocycles. The Kier molecular flexibility index (Phi) is 5.77. The summed E-state index contributed by atoms with van der Waals surface area (Å²) in [6.07, 6.45) is 5.81. The molecule has 0 radical (unpaired) electrons. The SMILES string of the molecule is O=C(NC1CCCCC1)c1ccc(C#CCCO)c(F)c1. The molecule has 1 fully saturated rings. The fourth-order valence-electron chi connectivity index (χ4n) is 2.49. The highest BCUT2D eigenvalue weighted by molar-refractivity contribution is 5.94. The molecule has 0 heterocycles. The van der Waals surface area contributed by atoms with Gasteiger partial charge in [-0.25, -0.2) is 4.39 Å². The maximum absolute atomic E-state index is 13.9. The summed E-state index contributed by atoms with van der Waals surface area (Å²) in [5.74, 6) is 4.58. The molecular weight excluding hydrogens is 269 g/mol. The number of rotatable bonds is 3. The molecule has 2 rings (SSSR count). The lowest BCUT2D eigenvalue weighted by atomic mass is 9.95. The predicted molar refractivity (Wildman–Crippen MR) is 79.3 cm³/mol. The van der Waals surface area contributed by atoms with E-state index in [1.807, 2.05) is 0 Å². The molecule has 1 aliphatic rings. The second kappa shape index (κ2) is 7.80. The third-order valence-corrected chi connectivity index (χ3v) is 3.63. The first-order valence-corrected chi connectivity index (χ1v) is 7.41. The van der Waals surface area contributed by atoms with Crippen LogP contribution in [0.5, 0.6) is 0 Å². The van der Waals surface area contributed by atoms with Crippen molar-refractivity contribution in [3.8, 4) is 11.8 Å². The van der Waals surface area contributed by atoms with E-state index in [1.54, 1.807) is 6.07 Å². The number of amides is 1. The molecule has 0 spiro atoms. The molecular formula is C17H20FNO2. The minimum absolute atomic E-state index is 0.0451. The van der Waals surface area contributed by atoms with Crippen LogP contribution in [0.15, 0.2) is 18.2 Å². The summed E-state index contributed by atoms with van der Waals surface area (Å²) in [4.78, 5) is 12.1. The van der Waals surface area contributed by atoms with Gasteiger partial charge in [0, 0.05) is 18.0 Å². The van der Waals surface area contributed by atoms with Crippen LogP contribution in [0.4, 0.5) is 4.39 Å². The molecule has 4 heteroatoms. The number of carbonyl (C=O) groups is 1. The molecule has 3 nitrogen and oxygen atoms in total. The molecule has 0 aliphatic heterocycles. The number of benzene rings is 1. The molecule has 21 heavy (non-hydrogen) atoms. The van der Waals surface area contributed by atoms with Gasteiger partial charge in [0.25, 0.3) is 5.91 Å². The third-order valence-electron chi connectivity index (χ3n) is 3.63. The summed E-state index contributed by atoms with van der Waals surface area (Å²) in [5.41, 5.74) is 0.573. The van der Waals surface area contributed by atoms with Crippen LogP contribution in [-0.2, 0) is 0 Å². The Labute approximate surface area is 124 Å². The van der Waals surface area contributed by atoms with E-state index < -0.39 is 5.82 Å². The minimum atomic E-state index is -0.503. The van der Waals surface area contributed by atoms with Gasteiger partial charge in [-0.2, -0.15) is 0 Å². The molecule has 1 aliphatic carbocycles. The van der Waals surface area contributed by atoms with Crippen LogP contribution in [-0.4, -0.2) is 23.7 Å². The first-order chi connectivity index (χ1) is 10.2. The van der Waals surface area contributed by atoms with E-state index in [1.165, 1.54) is 18.6 Å². The van der Waals surface area contributed by atoms with Crippen molar-refractivity contribution in [1.29, 1.82) is 0 Å². The number of carbonyl (C=O) groups excluding carboxylic acids is 1. The van der Waals surface area contributed by atoms with Gasteiger partial charge in [0.05, 0.1) is 12.2 Å². The Balaban J connectivity index is 2.01. The maximum Gasteiger partial charge on any atom is 0.251 e. The van der Waals surface area contributed by atoms with Gasteiger partial charge in [0.2, 0.25) is 0 Å². The molecule has 0 aromatic heterocycles. The first kappa shape index (κ1) is 15.5. The molecule has 1 saturated carbocycles. The van der Waals surface area contributed by atoms with E-state index in [-0.39, 0.29) is 24.1 Å². The van der Waals surface area contributed by atoms with Crippen LogP contribution in [0.1, 0.15) is 54.4 Å². The van der Waals surface area contributed by atoms with Crippen LogP contribution in [0.3, 0.4) is 0 Å². The number of halogens is 1. The largest absolute Gasteiger partial charge is 0.395 e. The van der Waals surface area contributed by atoms with Gasteiger partial charge in [0.1, 0.15) is 5.82 Å². The maximum atomic E-state index is 13.9. The summed E-state index contributed by atoms with van der Waals surface area (Å²) in [5, 5.41) is 11.6. The van der Waals surface area contributed by atoms with Crippen LogP contribution >= 0.6 is 0 Å². The molecule has 0 unspecified atom stereocenters. The van der Waals surface area contributed by atoms with Crippen LogP contribution in [0.25, 0.3) is 0 Å². The number of hydrogen-bond donors (Lipinski definition) is 2. The summed E-state index contributed by atoms with van der Waals surface area (Å²) in [7, 11) is 0. The van der Waals surface area contributed by atoms with Crippen molar-refractivity contribution in [1.82, 2.24) is 5.32 Å². The highest BCUT2D eigenvalue weighted by Crippen LogP contribution is 2.18. The van der Waals surface area contributed by atoms with Crippen LogP contribution in [0.2, 0.25) is 0 Å². The van der Waals surface area contributed by atoms with Gasteiger partial charge in [-0.15, -0.1) is 0 Å². The second-order valence-corrected chi connectivity index (χ2v) is 5.28. The van der Waals surface area contributed by atoms with Crippen molar-refractivity contribution in [2.75, 3.05) is 6.61 Å². The zero-order chi connectivity index (χ0) is 15.1. The highest BCUT2D eigenvalue weighted by Gasteiger charge is 2.17. The molecule has 1 amide bonds. The van der Waals surface area contributed by atoms with Gasteiger partial charge in [0.15, 0.2) is 0 Å². The van der Waals surface area contributed by atoms with Gasteiger partial charge in [-0.05, 0) is 31.0 Å². The lowest BCUT2D eigenvalue weighted by molar-refractivity contribution is 0.0927. The fraction of sp³-hybridized carbons (Fsp3) is 0.471. The molecule has 0 atom stereocenters. The quantitative estimate of drug-likeness (QED) is 0.840. The van der Waals surface area contributed by atoms with E-state index in [9.17, 15) is 9.18 Å². The first-order valence-electron chi connectivity index (χ1n) is 7.41. The average molecular weight is 289 g/mol. The Hall–Kier alpha value is -1.86. The fourth-order valence-corrected chi connectivity index (χ4v) is 2.49. The molecule has 0 bridgehead atoms. The number of aliphatic hydroxyl groups excluding tert-OH is 1. The number of nitrogens with one attached hydrogen (secondary N) is 1. The van der Waals surface area contributed by atoms with E-state index >= 15 is 0 Å². The van der Waals surface area contributed by atoms with E-state index in [0.717, 1.165) is 25.7 Å². The zero-order valence-corrected chi connectivity index (χ0v) is 12.0. The van der Waals surface area contributed by atoms with E-state index in [4.69, 9.17) is 5.11 Å². The molecule has 0 saturated heterocycles. The van der Waals surface area contributed by atoms with Crippen LogP contribution < -0.4 is 5.32 Å². The summed E-state index contributed by atoms with van der Waals surface area (Å²) < 4.78 is 13.9. The highest BCUT2D eigenvalue weighted by atomic mass is 19.1. The van der Waals surface area contributed by atoms with Gasteiger partial charge >= 0.3 is 0 Å². The predicted octanol–water partition coefficient (Wildman–Crippen LogP) is 2.62. The smallest absolute Gasteiger partial charge is 0.251 e. The Morgan fingerprint density at radius 3 is 2.76 bits per heavy atom. The second-order valence-electron chi connectivity index (χ2n) is 5.28. The van der Waals surface area contributed by atoms with Gasteiger partial charge in [-0.3, -0.25) is 4.79 Å². The van der Waals surface area contributed by atoms with Crippen molar-refractivity contribution < 1.29 is 14.3 Å². The van der Waals surface area contributed by atoms with Crippen molar-refractivity contribution in [3.63, 3.8) is 0 Å². The number of aliphatic hydroxyl groups is 1. The van der Waals surface area contributed by atoms with Gasteiger partial charge in [-0.1, -0.05) is 31.1 Å². The lowest BCUT2D eigenvalue weighted by Crippen LogP contribution is -2.36. The molecule has 1 aromatic rings.